The lowest BCUT2D eigenvalue weighted by Crippen LogP contribution is -2.35. The molecule has 0 aliphatic heterocycles. The summed E-state index contributed by atoms with van der Waals surface area (Å²) in [5, 5.41) is 8.61. The van der Waals surface area contributed by atoms with E-state index in [4.69, 9.17) is 14.3 Å². The van der Waals surface area contributed by atoms with Crippen LogP contribution >= 0.6 is 0 Å². The second kappa shape index (κ2) is 6.70. The highest BCUT2D eigenvalue weighted by molar-refractivity contribution is 5.91. The van der Waals surface area contributed by atoms with Crippen molar-refractivity contribution in [2.45, 2.75) is 6.42 Å². The van der Waals surface area contributed by atoms with Gasteiger partial charge in [0.05, 0.1) is 19.3 Å². The molecule has 0 saturated heterocycles. The van der Waals surface area contributed by atoms with Crippen molar-refractivity contribution in [1.29, 1.82) is 0 Å². The van der Waals surface area contributed by atoms with Crippen LogP contribution in [0.1, 0.15) is 17.0 Å². The van der Waals surface area contributed by atoms with Gasteiger partial charge >= 0.3 is 5.97 Å². The number of carboxylic acid groups (broad SMARTS) is 1. The van der Waals surface area contributed by atoms with E-state index in [0.717, 1.165) is 0 Å². The van der Waals surface area contributed by atoms with E-state index in [1.165, 1.54) is 18.3 Å². The average Bonchev–Trinajstić information content (AvgIpc) is 2.81. The van der Waals surface area contributed by atoms with Crippen molar-refractivity contribution in [3.63, 3.8) is 0 Å². The summed E-state index contributed by atoms with van der Waals surface area (Å²) in [6.07, 6.45) is 1.30. The molecule has 1 aromatic rings. The molecule has 0 radical (unpaired) electrons. The van der Waals surface area contributed by atoms with Gasteiger partial charge < -0.3 is 19.2 Å². The van der Waals surface area contributed by atoms with Crippen LogP contribution in [0.15, 0.2) is 22.8 Å². The van der Waals surface area contributed by atoms with Crippen molar-refractivity contribution in [3.05, 3.63) is 24.2 Å². The molecule has 0 saturated carbocycles. The predicted molar refractivity (Wildman–Crippen MR) is 58.7 cm³/mol. The second-order valence-electron chi connectivity index (χ2n) is 3.41. The van der Waals surface area contributed by atoms with E-state index >= 15 is 0 Å². The summed E-state index contributed by atoms with van der Waals surface area (Å²) in [4.78, 5) is 23.8. The summed E-state index contributed by atoms with van der Waals surface area (Å²) >= 11 is 0. The number of rotatable bonds is 7. The normalized spacial score (nSPS) is 10.2. The molecule has 0 spiro atoms. The van der Waals surface area contributed by atoms with E-state index in [2.05, 4.69) is 0 Å². The lowest BCUT2D eigenvalue weighted by atomic mass is 10.3. The molecule has 1 aromatic heterocycles. The van der Waals surface area contributed by atoms with E-state index in [1.54, 1.807) is 12.1 Å². The SMILES string of the molecule is COCCN(CCC(=O)O)C(=O)c1ccco1. The fraction of sp³-hybridized carbons (Fsp3) is 0.455. The summed E-state index contributed by atoms with van der Waals surface area (Å²) in [6.45, 7) is 0.827. The van der Waals surface area contributed by atoms with Gasteiger partial charge in [-0.1, -0.05) is 0 Å². The molecule has 0 aromatic carbocycles. The van der Waals surface area contributed by atoms with Crippen molar-refractivity contribution < 1.29 is 23.8 Å². The summed E-state index contributed by atoms with van der Waals surface area (Å²) < 4.78 is 9.86. The molecule has 0 aliphatic rings. The fourth-order valence-corrected chi connectivity index (χ4v) is 1.30. The number of amides is 1. The van der Waals surface area contributed by atoms with E-state index in [-0.39, 0.29) is 24.6 Å². The Hall–Kier alpha value is -1.82. The zero-order valence-corrected chi connectivity index (χ0v) is 9.59. The number of hydrogen-bond acceptors (Lipinski definition) is 4. The molecule has 1 amide bonds. The summed E-state index contributed by atoms with van der Waals surface area (Å²) in [5.41, 5.74) is 0. The Morgan fingerprint density at radius 3 is 2.76 bits per heavy atom. The number of ether oxygens (including phenoxy) is 1. The van der Waals surface area contributed by atoms with Gasteiger partial charge in [0.15, 0.2) is 5.76 Å². The molecular formula is C11H15NO5. The standard InChI is InChI=1S/C11H15NO5/c1-16-8-6-12(5-4-10(13)14)11(15)9-3-2-7-17-9/h2-3,7H,4-6,8H2,1H3,(H,13,14). The Balaban J connectivity index is 2.61. The Bertz CT molecular complexity index is 360. The maximum Gasteiger partial charge on any atom is 0.305 e. The number of carbonyl (C=O) groups is 2. The molecular weight excluding hydrogens is 226 g/mol. The first-order valence-corrected chi connectivity index (χ1v) is 5.18. The second-order valence-corrected chi connectivity index (χ2v) is 3.41. The highest BCUT2D eigenvalue weighted by Crippen LogP contribution is 2.06. The first-order chi connectivity index (χ1) is 8.15. The van der Waals surface area contributed by atoms with E-state index in [0.29, 0.717) is 13.2 Å². The van der Waals surface area contributed by atoms with Crippen LogP contribution in [0, 0.1) is 0 Å². The number of nitrogens with zero attached hydrogens (tertiary/aromatic N) is 1. The van der Waals surface area contributed by atoms with Crippen LogP contribution < -0.4 is 0 Å². The van der Waals surface area contributed by atoms with Gasteiger partial charge in [0.25, 0.3) is 5.91 Å². The van der Waals surface area contributed by atoms with Crippen LogP contribution in [-0.2, 0) is 9.53 Å². The number of furan rings is 1. The van der Waals surface area contributed by atoms with Crippen LogP contribution in [0.5, 0.6) is 0 Å². The van der Waals surface area contributed by atoms with Gasteiger partial charge in [-0.3, -0.25) is 9.59 Å². The first-order valence-electron chi connectivity index (χ1n) is 5.18. The third-order valence-electron chi connectivity index (χ3n) is 2.18. The lowest BCUT2D eigenvalue weighted by Gasteiger charge is -2.20. The number of carboxylic acids is 1. The molecule has 1 N–H and O–H groups in total. The monoisotopic (exact) mass is 241 g/mol. The smallest absolute Gasteiger partial charge is 0.305 e. The molecule has 17 heavy (non-hydrogen) atoms. The predicted octanol–water partition coefficient (Wildman–Crippen LogP) is 0.843. The van der Waals surface area contributed by atoms with E-state index < -0.39 is 5.97 Å². The van der Waals surface area contributed by atoms with Gasteiger partial charge in [-0.15, -0.1) is 0 Å². The van der Waals surface area contributed by atoms with Crippen LogP contribution in [0.25, 0.3) is 0 Å². The van der Waals surface area contributed by atoms with Crippen molar-refractivity contribution in [2.75, 3.05) is 26.8 Å². The molecule has 94 valence electrons. The molecule has 6 nitrogen and oxygen atoms in total. The maximum absolute atomic E-state index is 11.9. The largest absolute Gasteiger partial charge is 0.481 e. The van der Waals surface area contributed by atoms with Gasteiger partial charge in [0.1, 0.15) is 0 Å². The highest BCUT2D eigenvalue weighted by atomic mass is 16.5. The Kier molecular flexibility index (Phi) is 5.22. The molecule has 0 fully saturated rings. The Labute approximate surface area is 98.8 Å². The van der Waals surface area contributed by atoms with E-state index in [9.17, 15) is 9.59 Å². The zero-order valence-electron chi connectivity index (χ0n) is 9.59. The number of methoxy groups -OCH3 is 1. The summed E-state index contributed by atoms with van der Waals surface area (Å²) in [7, 11) is 1.52. The minimum absolute atomic E-state index is 0.101. The van der Waals surface area contributed by atoms with Crippen LogP contribution in [0.2, 0.25) is 0 Å². The van der Waals surface area contributed by atoms with E-state index in [1.807, 2.05) is 0 Å². The average molecular weight is 241 g/mol. The van der Waals surface area contributed by atoms with Crippen molar-refractivity contribution >= 4 is 11.9 Å². The minimum atomic E-state index is -0.945. The molecule has 1 rings (SSSR count). The zero-order chi connectivity index (χ0) is 12.7. The van der Waals surface area contributed by atoms with Crippen LogP contribution in [0.3, 0.4) is 0 Å². The van der Waals surface area contributed by atoms with Gasteiger partial charge in [-0.25, -0.2) is 0 Å². The minimum Gasteiger partial charge on any atom is -0.481 e. The van der Waals surface area contributed by atoms with Gasteiger partial charge in [0.2, 0.25) is 0 Å². The highest BCUT2D eigenvalue weighted by Gasteiger charge is 2.18. The Morgan fingerprint density at radius 2 is 2.24 bits per heavy atom. The van der Waals surface area contributed by atoms with Crippen LogP contribution in [0.4, 0.5) is 0 Å². The van der Waals surface area contributed by atoms with Crippen molar-refractivity contribution in [2.24, 2.45) is 0 Å². The molecule has 0 unspecified atom stereocenters. The Morgan fingerprint density at radius 1 is 1.47 bits per heavy atom. The quantitative estimate of drug-likeness (QED) is 0.765. The fourth-order valence-electron chi connectivity index (χ4n) is 1.30. The summed E-state index contributed by atoms with van der Waals surface area (Å²) in [6, 6.07) is 3.15. The van der Waals surface area contributed by atoms with Gasteiger partial charge in [-0.05, 0) is 12.1 Å². The third-order valence-corrected chi connectivity index (χ3v) is 2.18. The molecule has 1 heterocycles. The lowest BCUT2D eigenvalue weighted by molar-refractivity contribution is -0.137. The molecule has 0 aliphatic carbocycles. The third kappa shape index (κ3) is 4.28. The molecule has 0 bridgehead atoms. The first kappa shape index (κ1) is 13.2. The van der Waals surface area contributed by atoms with Gasteiger partial charge in [0, 0.05) is 20.2 Å². The molecule has 0 atom stereocenters. The van der Waals surface area contributed by atoms with Crippen molar-refractivity contribution in [3.8, 4) is 0 Å². The number of hydrogen-bond donors (Lipinski definition) is 1. The number of aliphatic carboxylic acids is 1. The maximum atomic E-state index is 11.9. The molecule has 6 heteroatoms. The summed E-state index contributed by atoms with van der Waals surface area (Å²) in [5.74, 6) is -1.07. The van der Waals surface area contributed by atoms with Crippen LogP contribution in [-0.4, -0.2) is 48.7 Å². The number of carbonyl (C=O) groups excluding carboxylic acids is 1. The van der Waals surface area contributed by atoms with Gasteiger partial charge in [-0.2, -0.15) is 0 Å². The van der Waals surface area contributed by atoms with Crippen molar-refractivity contribution in [1.82, 2.24) is 4.90 Å². The topological polar surface area (TPSA) is 80.0 Å².